The molecule has 2 heterocycles. The highest BCUT2D eigenvalue weighted by atomic mass is 16.3. The van der Waals surface area contributed by atoms with Crippen LogP contribution in [0, 0.1) is 5.92 Å². The van der Waals surface area contributed by atoms with Gasteiger partial charge in [0.05, 0.1) is 11.6 Å². The van der Waals surface area contributed by atoms with E-state index in [0.29, 0.717) is 12.0 Å². The fourth-order valence-electron chi connectivity index (χ4n) is 3.96. The van der Waals surface area contributed by atoms with E-state index >= 15 is 0 Å². The summed E-state index contributed by atoms with van der Waals surface area (Å²) in [6, 6.07) is 9.02. The topological polar surface area (TPSA) is 39.3 Å². The van der Waals surface area contributed by atoms with Crippen molar-refractivity contribution >= 4 is 10.9 Å². The van der Waals surface area contributed by atoms with Crippen molar-refractivity contribution in [2.24, 2.45) is 5.92 Å². The fourth-order valence-corrected chi connectivity index (χ4v) is 3.96. The maximum Gasteiger partial charge on any atom is 0.0749 e. The SMILES string of the molecule is CC(C)C[C@@H]1c2[nH]c3ccccc3c2C[C@@H](C(C)(C)O)N1C. The van der Waals surface area contributed by atoms with Crippen LogP contribution in [0.3, 0.4) is 0 Å². The molecule has 0 fully saturated rings. The molecule has 2 aromatic rings. The van der Waals surface area contributed by atoms with Crippen LogP contribution in [0.5, 0.6) is 0 Å². The van der Waals surface area contributed by atoms with Gasteiger partial charge >= 0.3 is 0 Å². The predicted molar refractivity (Wildman–Crippen MR) is 92.0 cm³/mol. The van der Waals surface area contributed by atoms with Crippen molar-refractivity contribution in [3.63, 3.8) is 0 Å². The van der Waals surface area contributed by atoms with Gasteiger partial charge in [0.25, 0.3) is 0 Å². The molecule has 1 aromatic carbocycles. The molecule has 3 heteroatoms. The van der Waals surface area contributed by atoms with Gasteiger partial charge < -0.3 is 10.1 Å². The van der Waals surface area contributed by atoms with Crippen LogP contribution in [0.25, 0.3) is 10.9 Å². The lowest BCUT2D eigenvalue weighted by molar-refractivity contribution is -0.0353. The molecule has 3 nitrogen and oxygen atoms in total. The van der Waals surface area contributed by atoms with Crippen LogP contribution >= 0.6 is 0 Å². The summed E-state index contributed by atoms with van der Waals surface area (Å²) in [5, 5.41) is 12.0. The van der Waals surface area contributed by atoms with E-state index in [2.05, 4.69) is 55.0 Å². The lowest BCUT2D eigenvalue weighted by atomic mass is 9.82. The first-order valence-electron chi connectivity index (χ1n) is 8.32. The van der Waals surface area contributed by atoms with Crippen molar-refractivity contribution in [3.8, 4) is 0 Å². The number of aromatic nitrogens is 1. The molecule has 2 atom stereocenters. The summed E-state index contributed by atoms with van der Waals surface area (Å²) in [5.41, 5.74) is 3.25. The third-order valence-electron chi connectivity index (χ3n) is 5.07. The van der Waals surface area contributed by atoms with Gasteiger partial charge in [-0.25, -0.2) is 0 Å². The van der Waals surface area contributed by atoms with Crippen molar-refractivity contribution in [1.29, 1.82) is 0 Å². The zero-order valence-electron chi connectivity index (χ0n) is 14.4. The zero-order chi connectivity index (χ0) is 16.1. The van der Waals surface area contributed by atoms with Crippen LogP contribution in [0.2, 0.25) is 0 Å². The van der Waals surface area contributed by atoms with Crippen molar-refractivity contribution in [2.45, 2.75) is 58.2 Å². The van der Waals surface area contributed by atoms with Gasteiger partial charge in [-0.1, -0.05) is 32.0 Å². The fraction of sp³-hybridized carbons (Fsp3) is 0.579. The van der Waals surface area contributed by atoms with E-state index < -0.39 is 5.60 Å². The second kappa shape index (κ2) is 5.39. The van der Waals surface area contributed by atoms with Gasteiger partial charge in [0.2, 0.25) is 0 Å². The summed E-state index contributed by atoms with van der Waals surface area (Å²) in [6.07, 6.45) is 2.00. The molecule has 1 aromatic heterocycles. The Morgan fingerprint density at radius 1 is 1.32 bits per heavy atom. The number of hydrogen-bond donors (Lipinski definition) is 2. The molecule has 0 spiro atoms. The zero-order valence-corrected chi connectivity index (χ0v) is 14.4. The van der Waals surface area contributed by atoms with Crippen LogP contribution in [0.15, 0.2) is 24.3 Å². The van der Waals surface area contributed by atoms with Crippen molar-refractivity contribution in [3.05, 3.63) is 35.5 Å². The quantitative estimate of drug-likeness (QED) is 0.903. The highest BCUT2D eigenvalue weighted by Gasteiger charge is 2.40. The second-order valence-electron chi connectivity index (χ2n) is 7.75. The minimum Gasteiger partial charge on any atom is -0.389 e. The molecule has 0 radical (unpaired) electrons. The Kier molecular flexibility index (Phi) is 3.82. The minimum atomic E-state index is -0.708. The van der Waals surface area contributed by atoms with Crippen LogP contribution in [-0.4, -0.2) is 33.7 Å². The Hall–Kier alpha value is -1.32. The summed E-state index contributed by atoms with van der Waals surface area (Å²) in [4.78, 5) is 6.02. The summed E-state index contributed by atoms with van der Waals surface area (Å²) in [5.74, 6) is 0.618. The molecule has 0 saturated carbocycles. The molecular weight excluding hydrogens is 272 g/mol. The molecule has 3 rings (SSSR count). The highest BCUT2D eigenvalue weighted by Crippen LogP contribution is 2.41. The highest BCUT2D eigenvalue weighted by molar-refractivity contribution is 5.85. The summed E-state index contributed by atoms with van der Waals surface area (Å²) in [6.45, 7) is 8.40. The van der Waals surface area contributed by atoms with E-state index in [1.807, 2.05) is 13.8 Å². The Bertz CT molecular complexity index is 666. The smallest absolute Gasteiger partial charge is 0.0749 e. The van der Waals surface area contributed by atoms with Gasteiger partial charge in [0.15, 0.2) is 0 Å². The summed E-state index contributed by atoms with van der Waals surface area (Å²) in [7, 11) is 2.16. The van der Waals surface area contributed by atoms with Crippen LogP contribution in [-0.2, 0) is 6.42 Å². The number of aromatic amines is 1. The van der Waals surface area contributed by atoms with Gasteiger partial charge in [-0.3, -0.25) is 4.90 Å². The molecule has 1 aliphatic rings. The Morgan fingerprint density at radius 2 is 2.00 bits per heavy atom. The molecule has 1 aliphatic heterocycles. The number of hydrogen-bond acceptors (Lipinski definition) is 2. The second-order valence-corrected chi connectivity index (χ2v) is 7.75. The van der Waals surface area contributed by atoms with E-state index in [1.165, 1.54) is 22.2 Å². The van der Waals surface area contributed by atoms with E-state index in [-0.39, 0.29) is 6.04 Å². The van der Waals surface area contributed by atoms with Gasteiger partial charge in [0, 0.05) is 22.6 Å². The maximum atomic E-state index is 10.6. The number of H-pyrrole nitrogens is 1. The number of rotatable bonds is 3. The van der Waals surface area contributed by atoms with Gasteiger partial charge in [0.1, 0.15) is 0 Å². The average Bonchev–Trinajstić information content (AvgIpc) is 2.78. The van der Waals surface area contributed by atoms with Gasteiger partial charge in [-0.15, -0.1) is 0 Å². The van der Waals surface area contributed by atoms with Crippen LogP contribution in [0.1, 0.15) is 51.4 Å². The average molecular weight is 300 g/mol. The van der Waals surface area contributed by atoms with Gasteiger partial charge in [-0.2, -0.15) is 0 Å². The first-order chi connectivity index (χ1) is 10.3. The monoisotopic (exact) mass is 300 g/mol. The number of nitrogens with zero attached hydrogens (tertiary/aromatic N) is 1. The molecule has 0 amide bonds. The number of aliphatic hydroxyl groups is 1. The summed E-state index contributed by atoms with van der Waals surface area (Å²) < 4.78 is 0. The number of nitrogens with one attached hydrogen (secondary N) is 1. The van der Waals surface area contributed by atoms with E-state index in [1.54, 1.807) is 0 Å². The number of para-hydroxylation sites is 1. The minimum absolute atomic E-state index is 0.142. The molecule has 0 saturated heterocycles. The normalized spacial score (nSPS) is 23.2. The number of likely N-dealkylation sites (N-methyl/N-ethyl adjacent to an activating group) is 1. The molecule has 0 unspecified atom stereocenters. The summed E-state index contributed by atoms with van der Waals surface area (Å²) >= 11 is 0. The Labute approximate surface area is 133 Å². The Balaban J connectivity index is 2.14. The van der Waals surface area contributed by atoms with Crippen molar-refractivity contribution < 1.29 is 5.11 Å². The van der Waals surface area contributed by atoms with Crippen molar-refractivity contribution in [1.82, 2.24) is 9.88 Å². The lowest BCUT2D eigenvalue weighted by Gasteiger charge is -2.45. The van der Waals surface area contributed by atoms with E-state index in [4.69, 9.17) is 0 Å². The lowest BCUT2D eigenvalue weighted by Crippen LogP contribution is -2.53. The molecule has 120 valence electrons. The molecule has 0 bridgehead atoms. The third kappa shape index (κ3) is 2.57. The number of fused-ring (bicyclic) bond motifs is 3. The van der Waals surface area contributed by atoms with Crippen LogP contribution < -0.4 is 0 Å². The van der Waals surface area contributed by atoms with E-state index in [0.717, 1.165) is 12.8 Å². The molecule has 0 aliphatic carbocycles. The molecule has 22 heavy (non-hydrogen) atoms. The van der Waals surface area contributed by atoms with Gasteiger partial charge in [-0.05, 0) is 51.3 Å². The first-order valence-corrected chi connectivity index (χ1v) is 8.32. The van der Waals surface area contributed by atoms with Crippen molar-refractivity contribution in [2.75, 3.05) is 7.05 Å². The Morgan fingerprint density at radius 3 is 2.64 bits per heavy atom. The number of benzene rings is 1. The largest absolute Gasteiger partial charge is 0.389 e. The first kappa shape index (κ1) is 15.6. The predicted octanol–water partition coefficient (Wildman–Crippen LogP) is 3.88. The standard InChI is InChI=1S/C19H28N2O/c1-12(2)10-16-18-14(11-17(21(16)5)19(3,4)22)13-8-6-7-9-15(13)20-18/h6-9,12,16-17,20,22H,10-11H2,1-5H3/t16-,17+/m1/s1. The van der Waals surface area contributed by atoms with Crippen LogP contribution in [0.4, 0.5) is 0 Å². The maximum absolute atomic E-state index is 10.6. The molecular formula is C19H28N2O. The van der Waals surface area contributed by atoms with E-state index in [9.17, 15) is 5.11 Å². The third-order valence-corrected chi connectivity index (χ3v) is 5.07. The molecule has 2 N–H and O–H groups in total.